The maximum absolute atomic E-state index is 13.4. The molecule has 1 aromatic carbocycles. The summed E-state index contributed by atoms with van der Waals surface area (Å²) in [5, 5.41) is 11.4. The molecule has 0 saturated heterocycles. The first-order valence-corrected chi connectivity index (χ1v) is 8.32. The molecule has 1 amide bonds. The zero-order valence-corrected chi connectivity index (χ0v) is 13.2. The van der Waals surface area contributed by atoms with Crippen LogP contribution < -0.4 is 5.32 Å². The maximum Gasteiger partial charge on any atom is 0.234 e. The number of nitrogens with one attached hydrogen (secondary N) is 2. The predicted octanol–water partition coefficient (Wildman–Crippen LogP) is 3.54. The Labute approximate surface area is 138 Å². The number of amides is 1. The lowest BCUT2D eigenvalue weighted by molar-refractivity contribution is -0.113. The van der Waals surface area contributed by atoms with Crippen molar-refractivity contribution < 1.29 is 13.6 Å². The largest absolute Gasteiger partial charge is 0.323 e. The summed E-state index contributed by atoms with van der Waals surface area (Å²) in [5.74, 6) is -1.18. The Morgan fingerprint density at radius 2 is 2.22 bits per heavy atom. The van der Waals surface area contributed by atoms with Gasteiger partial charge in [0.1, 0.15) is 11.6 Å². The second kappa shape index (κ2) is 6.88. The van der Waals surface area contributed by atoms with Crippen LogP contribution in [-0.4, -0.2) is 26.8 Å². The van der Waals surface area contributed by atoms with E-state index in [0.717, 1.165) is 34.8 Å². The molecule has 2 N–H and O–H groups in total. The third-order valence-corrected chi connectivity index (χ3v) is 4.48. The molecule has 5 nitrogen and oxygen atoms in total. The number of thiophene rings is 1. The minimum absolute atomic E-state index is 0.0162. The summed E-state index contributed by atoms with van der Waals surface area (Å²) in [6, 6.07) is 6.68. The summed E-state index contributed by atoms with van der Waals surface area (Å²) in [6.07, 6.45) is 0. The van der Waals surface area contributed by atoms with Crippen molar-refractivity contribution >= 4 is 34.7 Å². The SMILES string of the molecule is O=C(CSc1n[nH]c(-c2cccs2)n1)Nc1cc(F)ccc1F. The number of hydrogen-bond donors (Lipinski definition) is 2. The van der Waals surface area contributed by atoms with E-state index in [1.54, 1.807) is 0 Å². The number of hydrogen-bond acceptors (Lipinski definition) is 5. The van der Waals surface area contributed by atoms with Gasteiger partial charge in [0, 0.05) is 6.07 Å². The van der Waals surface area contributed by atoms with Crippen molar-refractivity contribution in [1.29, 1.82) is 0 Å². The molecule has 3 rings (SSSR count). The Balaban J connectivity index is 1.58. The lowest BCUT2D eigenvalue weighted by Gasteiger charge is -2.05. The van der Waals surface area contributed by atoms with Crippen molar-refractivity contribution in [3.05, 3.63) is 47.3 Å². The molecule has 0 unspecified atom stereocenters. The van der Waals surface area contributed by atoms with Gasteiger partial charge < -0.3 is 5.32 Å². The van der Waals surface area contributed by atoms with Gasteiger partial charge in [-0.05, 0) is 23.6 Å². The van der Waals surface area contributed by atoms with Crippen molar-refractivity contribution in [1.82, 2.24) is 15.2 Å². The summed E-state index contributed by atoms with van der Waals surface area (Å²) in [4.78, 5) is 17.0. The van der Waals surface area contributed by atoms with E-state index in [-0.39, 0.29) is 11.4 Å². The number of thioether (sulfide) groups is 1. The second-order valence-corrected chi connectivity index (χ2v) is 6.30. The summed E-state index contributed by atoms with van der Waals surface area (Å²) in [7, 11) is 0. The molecule has 0 atom stereocenters. The maximum atomic E-state index is 13.4. The van der Waals surface area contributed by atoms with Crippen molar-refractivity contribution in [2.45, 2.75) is 5.16 Å². The third-order valence-electron chi connectivity index (χ3n) is 2.75. The minimum atomic E-state index is -0.692. The van der Waals surface area contributed by atoms with Gasteiger partial charge >= 0.3 is 0 Å². The number of carbonyl (C=O) groups excluding carboxylic acids is 1. The first kappa shape index (κ1) is 15.6. The monoisotopic (exact) mass is 352 g/mol. The average Bonchev–Trinajstić information content (AvgIpc) is 3.19. The molecule has 0 aliphatic heterocycles. The van der Waals surface area contributed by atoms with Crippen molar-refractivity contribution in [3.63, 3.8) is 0 Å². The van der Waals surface area contributed by atoms with E-state index in [0.29, 0.717) is 11.0 Å². The standard InChI is InChI=1S/C14H10F2N4OS2/c15-8-3-4-9(16)10(6-8)17-12(21)7-23-14-18-13(19-20-14)11-2-1-5-22-11/h1-6H,7H2,(H,17,21)(H,18,19,20). The highest BCUT2D eigenvalue weighted by Crippen LogP contribution is 2.23. The summed E-state index contributed by atoms with van der Waals surface area (Å²) < 4.78 is 26.5. The zero-order valence-electron chi connectivity index (χ0n) is 11.5. The van der Waals surface area contributed by atoms with Crippen LogP contribution in [0.15, 0.2) is 40.9 Å². The Hall–Kier alpha value is -2.26. The van der Waals surface area contributed by atoms with Gasteiger partial charge in [0.2, 0.25) is 11.1 Å². The van der Waals surface area contributed by atoms with Gasteiger partial charge in [0.25, 0.3) is 0 Å². The number of aromatic nitrogens is 3. The van der Waals surface area contributed by atoms with Crippen molar-refractivity contribution in [2.24, 2.45) is 0 Å². The van der Waals surface area contributed by atoms with E-state index < -0.39 is 17.5 Å². The van der Waals surface area contributed by atoms with Crippen LogP contribution in [0, 0.1) is 11.6 Å². The molecular formula is C14H10F2N4OS2. The quantitative estimate of drug-likeness (QED) is 0.689. The molecule has 9 heteroatoms. The highest BCUT2D eigenvalue weighted by molar-refractivity contribution is 7.99. The second-order valence-electron chi connectivity index (χ2n) is 4.40. The molecule has 0 bridgehead atoms. The minimum Gasteiger partial charge on any atom is -0.323 e. The highest BCUT2D eigenvalue weighted by Gasteiger charge is 2.11. The Kier molecular flexibility index (Phi) is 4.68. The fourth-order valence-electron chi connectivity index (χ4n) is 1.74. The Morgan fingerprint density at radius 1 is 1.35 bits per heavy atom. The van der Waals surface area contributed by atoms with Crippen LogP contribution >= 0.6 is 23.1 Å². The summed E-state index contributed by atoms with van der Waals surface area (Å²) in [5.41, 5.74) is -0.190. The molecule has 23 heavy (non-hydrogen) atoms. The first-order chi connectivity index (χ1) is 11.1. The van der Waals surface area contributed by atoms with Crippen LogP contribution in [0.4, 0.5) is 14.5 Å². The molecule has 0 radical (unpaired) electrons. The molecule has 0 fully saturated rings. The van der Waals surface area contributed by atoms with Gasteiger partial charge in [-0.3, -0.25) is 9.89 Å². The lowest BCUT2D eigenvalue weighted by Crippen LogP contribution is -2.15. The number of aromatic amines is 1. The molecule has 0 spiro atoms. The van der Waals surface area contributed by atoms with Crippen LogP contribution in [0.1, 0.15) is 0 Å². The van der Waals surface area contributed by atoms with Crippen LogP contribution in [0.2, 0.25) is 0 Å². The number of benzene rings is 1. The predicted molar refractivity (Wildman–Crippen MR) is 85.4 cm³/mol. The Morgan fingerprint density at radius 3 is 3.00 bits per heavy atom. The average molecular weight is 352 g/mol. The van der Waals surface area contributed by atoms with E-state index in [2.05, 4.69) is 20.5 Å². The van der Waals surface area contributed by atoms with Gasteiger partial charge in [-0.2, -0.15) is 0 Å². The highest BCUT2D eigenvalue weighted by atomic mass is 32.2. The number of nitrogens with zero attached hydrogens (tertiary/aromatic N) is 2. The van der Waals surface area contributed by atoms with Gasteiger partial charge in [-0.15, -0.1) is 16.4 Å². The summed E-state index contributed by atoms with van der Waals surface area (Å²) in [6.45, 7) is 0. The van der Waals surface area contributed by atoms with Crippen LogP contribution in [0.5, 0.6) is 0 Å². The number of halogens is 2. The molecule has 0 aliphatic rings. The lowest BCUT2D eigenvalue weighted by atomic mass is 10.3. The molecular weight excluding hydrogens is 342 g/mol. The zero-order chi connectivity index (χ0) is 16.2. The number of rotatable bonds is 5. The van der Waals surface area contributed by atoms with E-state index in [9.17, 15) is 13.6 Å². The number of H-pyrrole nitrogens is 1. The van der Waals surface area contributed by atoms with Gasteiger partial charge in [-0.25, -0.2) is 13.8 Å². The van der Waals surface area contributed by atoms with Crippen LogP contribution in [0.3, 0.4) is 0 Å². The normalized spacial score (nSPS) is 10.7. The van der Waals surface area contributed by atoms with E-state index >= 15 is 0 Å². The summed E-state index contributed by atoms with van der Waals surface area (Å²) >= 11 is 2.62. The molecule has 118 valence electrons. The van der Waals surface area contributed by atoms with Gasteiger partial charge in [0.15, 0.2) is 5.82 Å². The first-order valence-electron chi connectivity index (χ1n) is 6.46. The van der Waals surface area contributed by atoms with Crippen molar-refractivity contribution in [3.8, 4) is 10.7 Å². The fourth-order valence-corrected chi connectivity index (χ4v) is 3.01. The molecule has 3 aromatic rings. The smallest absolute Gasteiger partial charge is 0.234 e. The number of carbonyl (C=O) groups is 1. The molecule has 2 aromatic heterocycles. The van der Waals surface area contributed by atoms with Crippen LogP contribution in [-0.2, 0) is 4.79 Å². The Bertz CT molecular complexity index is 820. The van der Waals surface area contributed by atoms with Gasteiger partial charge in [-0.1, -0.05) is 17.8 Å². The third kappa shape index (κ3) is 3.93. The molecule has 0 saturated carbocycles. The van der Waals surface area contributed by atoms with E-state index in [4.69, 9.17) is 0 Å². The topological polar surface area (TPSA) is 70.7 Å². The van der Waals surface area contributed by atoms with E-state index in [1.807, 2.05) is 17.5 Å². The molecule has 2 heterocycles. The van der Waals surface area contributed by atoms with E-state index in [1.165, 1.54) is 11.3 Å². The fraction of sp³-hybridized carbons (Fsp3) is 0.0714. The van der Waals surface area contributed by atoms with Crippen molar-refractivity contribution in [2.75, 3.05) is 11.1 Å². The number of anilines is 1. The van der Waals surface area contributed by atoms with Crippen LogP contribution in [0.25, 0.3) is 10.7 Å². The molecule has 0 aliphatic carbocycles. The van der Waals surface area contributed by atoms with Gasteiger partial charge in [0.05, 0.1) is 16.3 Å².